The average molecular weight is 248 g/mol. The topological polar surface area (TPSA) is 77.3 Å². The van der Waals surface area contributed by atoms with Gasteiger partial charge in [0, 0.05) is 6.07 Å². The van der Waals surface area contributed by atoms with Gasteiger partial charge < -0.3 is 0 Å². The lowest BCUT2D eigenvalue weighted by Gasteiger charge is -2.01. The molecule has 0 aliphatic heterocycles. The van der Waals surface area contributed by atoms with E-state index in [1.807, 2.05) is 0 Å². The fourth-order valence-electron chi connectivity index (χ4n) is 1.06. The number of hydrogen-bond donors (Lipinski definition) is 0. The Morgan fingerprint density at radius 1 is 1.20 bits per heavy atom. The first-order valence-electron chi connectivity index (χ1n) is 3.62. The van der Waals surface area contributed by atoms with E-state index in [9.17, 15) is 19.7 Å². The van der Waals surface area contributed by atoms with E-state index in [2.05, 4.69) is 0 Å². The summed E-state index contributed by atoms with van der Waals surface area (Å²) in [7, 11) is 0. The molecule has 0 aliphatic carbocycles. The molecule has 0 heterocycles. The van der Waals surface area contributed by atoms with Crippen molar-refractivity contribution in [2.45, 2.75) is 0 Å². The number of carbonyl (C=O) groups excluding carboxylic acids is 2. The first-order valence-corrected chi connectivity index (χ1v) is 4.37. The van der Waals surface area contributed by atoms with Crippen LogP contribution in [0.4, 0.5) is 5.69 Å². The van der Waals surface area contributed by atoms with Crippen molar-refractivity contribution in [2.75, 3.05) is 0 Å². The Morgan fingerprint density at radius 2 is 1.80 bits per heavy atom. The number of rotatable bonds is 3. The molecule has 15 heavy (non-hydrogen) atoms. The zero-order chi connectivity index (χ0) is 11.6. The first kappa shape index (κ1) is 11.6. The van der Waals surface area contributed by atoms with Crippen molar-refractivity contribution in [3.63, 3.8) is 0 Å². The van der Waals surface area contributed by atoms with Crippen LogP contribution in [0.3, 0.4) is 0 Å². The molecule has 1 aromatic carbocycles. The minimum absolute atomic E-state index is 0.272. The van der Waals surface area contributed by atoms with Gasteiger partial charge in [0.05, 0.1) is 10.5 Å². The van der Waals surface area contributed by atoms with Crippen molar-refractivity contribution in [2.24, 2.45) is 0 Å². The highest BCUT2D eigenvalue weighted by atomic mass is 35.5. The van der Waals surface area contributed by atoms with Gasteiger partial charge >= 0.3 is 0 Å². The van der Waals surface area contributed by atoms with E-state index in [0.29, 0.717) is 0 Å². The lowest BCUT2D eigenvalue weighted by atomic mass is 10.1. The van der Waals surface area contributed by atoms with Crippen LogP contribution in [0.1, 0.15) is 20.7 Å². The van der Waals surface area contributed by atoms with Crippen LogP contribution in [-0.4, -0.2) is 15.4 Å². The lowest BCUT2D eigenvalue weighted by molar-refractivity contribution is -0.385. The van der Waals surface area contributed by atoms with Gasteiger partial charge in [0.1, 0.15) is 5.56 Å². The Labute approximate surface area is 93.7 Å². The van der Waals surface area contributed by atoms with Gasteiger partial charge in [-0.3, -0.25) is 19.7 Å². The van der Waals surface area contributed by atoms with Gasteiger partial charge in [-0.15, -0.1) is 0 Å². The third-order valence-corrected chi connectivity index (χ3v) is 2.04. The fraction of sp³-hybridized carbons (Fsp3) is 0. The maximum atomic E-state index is 10.9. The molecule has 7 heteroatoms. The molecule has 0 N–H and O–H groups in total. The van der Waals surface area contributed by atoms with E-state index in [4.69, 9.17) is 23.2 Å². The SMILES string of the molecule is O=C(Cl)c1cccc([N+](=O)[O-])c1C(=O)Cl. The summed E-state index contributed by atoms with van der Waals surface area (Å²) in [5.41, 5.74) is -1.29. The number of benzene rings is 1. The van der Waals surface area contributed by atoms with E-state index in [1.54, 1.807) is 0 Å². The van der Waals surface area contributed by atoms with Gasteiger partial charge in [-0.05, 0) is 29.3 Å². The summed E-state index contributed by atoms with van der Waals surface area (Å²) in [5, 5.41) is 8.48. The van der Waals surface area contributed by atoms with Crippen molar-refractivity contribution in [3.05, 3.63) is 39.4 Å². The average Bonchev–Trinajstić information content (AvgIpc) is 2.16. The summed E-state index contributed by atoms with van der Waals surface area (Å²) >= 11 is 10.3. The van der Waals surface area contributed by atoms with Crippen LogP contribution in [0.15, 0.2) is 18.2 Å². The molecular formula is C8H3Cl2NO4. The van der Waals surface area contributed by atoms with Crippen LogP contribution < -0.4 is 0 Å². The Morgan fingerprint density at radius 3 is 2.20 bits per heavy atom. The highest BCUT2D eigenvalue weighted by Gasteiger charge is 2.24. The molecular weight excluding hydrogens is 245 g/mol. The second kappa shape index (κ2) is 4.37. The van der Waals surface area contributed by atoms with E-state index >= 15 is 0 Å². The fourth-order valence-corrected chi connectivity index (χ4v) is 1.42. The minimum atomic E-state index is -1.09. The molecule has 0 aromatic heterocycles. The zero-order valence-corrected chi connectivity index (χ0v) is 8.58. The summed E-state index contributed by atoms with van der Waals surface area (Å²) in [6, 6.07) is 3.51. The van der Waals surface area contributed by atoms with Gasteiger partial charge in [0.25, 0.3) is 16.2 Å². The predicted molar refractivity (Wildman–Crippen MR) is 53.5 cm³/mol. The molecule has 0 atom stereocenters. The molecule has 0 unspecified atom stereocenters. The Hall–Kier alpha value is -1.46. The van der Waals surface area contributed by atoms with Gasteiger partial charge in [-0.1, -0.05) is 6.07 Å². The molecule has 0 fully saturated rings. The van der Waals surface area contributed by atoms with Crippen molar-refractivity contribution < 1.29 is 14.5 Å². The molecule has 1 rings (SSSR count). The quantitative estimate of drug-likeness (QED) is 0.467. The molecule has 0 amide bonds. The summed E-state index contributed by atoms with van der Waals surface area (Å²) < 4.78 is 0. The van der Waals surface area contributed by atoms with E-state index in [-0.39, 0.29) is 5.56 Å². The number of halogens is 2. The number of nitro benzene ring substituents is 1. The summed E-state index contributed by atoms with van der Waals surface area (Å²) in [6.45, 7) is 0. The molecule has 0 radical (unpaired) electrons. The second-order valence-corrected chi connectivity index (χ2v) is 3.19. The molecule has 78 valence electrons. The number of nitrogens with zero attached hydrogens (tertiary/aromatic N) is 1. The first-order chi connectivity index (χ1) is 6.95. The monoisotopic (exact) mass is 247 g/mol. The third-order valence-electron chi connectivity index (χ3n) is 1.65. The van der Waals surface area contributed by atoms with Crippen molar-refractivity contribution in [3.8, 4) is 0 Å². The van der Waals surface area contributed by atoms with Crippen LogP contribution >= 0.6 is 23.2 Å². The summed E-state index contributed by atoms with van der Waals surface area (Å²) in [4.78, 5) is 31.6. The Balaban J connectivity index is 3.56. The van der Waals surface area contributed by atoms with Crippen LogP contribution in [-0.2, 0) is 0 Å². The van der Waals surface area contributed by atoms with Gasteiger partial charge in [-0.25, -0.2) is 0 Å². The van der Waals surface area contributed by atoms with Crippen molar-refractivity contribution in [1.29, 1.82) is 0 Å². The number of carbonyl (C=O) groups is 2. The highest BCUT2D eigenvalue weighted by Crippen LogP contribution is 2.25. The normalized spacial score (nSPS) is 9.73. The maximum absolute atomic E-state index is 10.9. The summed E-state index contributed by atoms with van der Waals surface area (Å²) in [5.74, 6) is 0. The van der Waals surface area contributed by atoms with Crippen LogP contribution in [0.5, 0.6) is 0 Å². The van der Waals surface area contributed by atoms with Crippen LogP contribution in [0, 0.1) is 10.1 Å². The van der Waals surface area contributed by atoms with Gasteiger partial charge in [0.2, 0.25) is 0 Å². The lowest BCUT2D eigenvalue weighted by Crippen LogP contribution is -2.05. The molecule has 0 bridgehead atoms. The van der Waals surface area contributed by atoms with Crippen LogP contribution in [0.2, 0.25) is 0 Å². The van der Waals surface area contributed by atoms with Crippen LogP contribution in [0.25, 0.3) is 0 Å². The molecule has 5 nitrogen and oxygen atoms in total. The maximum Gasteiger partial charge on any atom is 0.282 e. The molecule has 0 aliphatic rings. The predicted octanol–water partition coefficient (Wildman–Crippen LogP) is 2.35. The molecule has 0 saturated heterocycles. The standard InChI is InChI=1S/C8H3Cl2NO4/c9-7(12)4-2-1-3-5(11(14)15)6(4)8(10)13/h1-3H. The number of hydrogen-bond acceptors (Lipinski definition) is 4. The largest absolute Gasteiger partial charge is 0.282 e. The third kappa shape index (κ3) is 2.31. The minimum Gasteiger partial charge on any atom is -0.276 e. The Bertz CT molecular complexity index is 426. The van der Waals surface area contributed by atoms with E-state index in [0.717, 1.165) is 6.07 Å². The highest BCUT2D eigenvalue weighted by molar-refractivity contribution is 6.72. The van der Waals surface area contributed by atoms with E-state index < -0.39 is 26.7 Å². The van der Waals surface area contributed by atoms with Crippen molar-refractivity contribution in [1.82, 2.24) is 0 Å². The summed E-state index contributed by atoms with van der Waals surface area (Å²) in [6.07, 6.45) is 0. The van der Waals surface area contributed by atoms with Crippen molar-refractivity contribution >= 4 is 39.4 Å². The molecule has 1 aromatic rings. The van der Waals surface area contributed by atoms with Gasteiger partial charge in [-0.2, -0.15) is 0 Å². The van der Waals surface area contributed by atoms with Gasteiger partial charge in [0.15, 0.2) is 0 Å². The smallest absolute Gasteiger partial charge is 0.276 e. The Kier molecular flexibility index (Phi) is 3.39. The number of nitro groups is 1. The molecule has 0 saturated carbocycles. The van der Waals surface area contributed by atoms with E-state index in [1.165, 1.54) is 12.1 Å². The second-order valence-electron chi connectivity index (χ2n) is 2.50. The zero-order valence-electron chi connectivity index (χ0n) is 7.07. The molecule has 0 spiro atoms.